The van der Waals surface area contributed by atoms with E-state index in [1.807, 2.05) is 33.1 Å². The second-order valence-electron chi connectivity index (χ2n) is 11.7. The maximum atomic E-state index is 13.2. The average Bonchev–Trinajstić information content (AvgIpc) is 3.24. The van der Waals surface area contributed by atoms with Gasteiger partial charge in [-0.05, 0) is 57.9 Å². The van der Waals surface area contributed by atoms with Crippen LogP contribution in [0.4, 0.5) is 4.79 Å². The number of benzene rings is 1. The van der Waals surface area contributed by atoms with Crippen molar-refractivity contribution < 1.29 is 19.1 Å². The highest BCUT2D eigenvalue weighted by atomic mass is 35.5. The quantitative estimate of drug-likeness (QED) is 0.270. The first-order chi connectivity index (χ1) is 18.2. The van der Waals surface area contributed by atoms with Crippen molar-refractivity contribution >= 4 is 42.9 Å². The number of aromatic nitrogens is 1. The number of carbonyl (C=O) groups is 2. The number of fused-ring (bicyclic) bond motifs is 1. The van der Waals surface area contributed by atoms with Crippen molar-refractivity contribution in [3.8, 4) is 11.5 Å². The van der Waals surface area contributed by atoms with E-state index in [1.165, 1.54) is 11.8 Å². The number of nitrogens with one attached hydrogen (secondary N) is 3. The van der Waals surface area contributed by atoms with E-state index in [-0.39, 0.29) is 35.5 Å². The SMILES string of the molecule is CSc1cc(C)[nH]c(=O)c1CNC(=O)c1cc(Cl)c2c(c1C)O[C@](C)(C1CCC(NC(=O)[Si](C)(C)C)CC1)O2. The van der Waals surface area contributed by atoms with Gasteiger partial charge in [0.15, 0.2) is 25.1 Å². The van der Waals surface area contributed by atoms with E-state index in [0.29, 0.717) is 33.2 Å². The summed E-state index contributed by atoms with van der Waals surface area (Å²) in [6.07, 6.45) is 5.29. The molecule has 0 radical (unpaired) electrons. The molecule has 2 aromatic rings. The summed E-state index contributed by atoms with van der Waals surface area (Å²) in [5, 5.41) is 6.40. The lowest BCUT2D eigenvalue weighted by Gasteiger charge is -2.38. The molecular formula is C28H38ClN3O5SSi. The molecule has 2 amide bonds. The van der Waals surface area contributed by atoms with Crippen LogP contribution in [0.3, 0.4) is 0 Å². The van der Waals surface area contributed by atoms with Crippen LogP contribution in [0.1, 0.15) is 59.8 Å². The van der Waals surface area contributed by atoms with Crippen LogP contribution in [0, 0.1) is 19.8 Å². The van der Waals surface area contributed by atoms with Gasteiger partial charge in [-0.1, -0.05) is 31.2 Å². The summed E-state index contributed by atoms with van der Waals surface area (Å²) < 4.78 is 12.7. The molecule has 39 heavy (non-hydrogen) atoms. The number of aromatic amines is 1. The molecule has 2 heterocycles. The number of hydrogen-bond donors (Lipinski definition) is 3. The molecule has 4 rings (SSSR count). The first-order valence-electron chi connectivity index (χ1n) is 13.3. The lowest BCUT2D eigenvalue weighted by atomic mass is 9.81. The highest BCUT2D eigenvalue weighted by Crippen LogP contribution is 2.51. The van der Waals surface area contributed by atoms with Gasteiger partial charge in [0, 0.05) is 52.7 Å². The minimum absolute atomic E-state index is 0.0886. The zero-order chi connectivity index (χ0) is 28.7. The monoisotopic (exact) mass is 591 g/mol. The van der Waals surface area contributed by atoms with E-state index in [4.69, 9.17) is 21.1 Å². The highest BCUT2D eigenvalue weighted by molar-refractivity contribution is 7.98. The van der Waals surface area contributed by atoms with Gasteiger partial charge in [0.25, 0.3) is 17.3 Å². The Labute approximate surface area is 240 Å². The molecule has 0 bridgehead atoms. The van der Waals surface area contributed by atoms with Gasteiger partial charge in [0.1, 0.15) is 0 Å². The zero-order valence-corrected chi connectivity index (χ0v) is 26.2. The second kappa shape index (κ2) is 11.2. The van der Waals surface area contributed by atoms with Crippen molar-refractivity contribution in [1.29, 1.82) is 0 Å². The first kappa shape index (κ1) is 29.5. The van der Waals surface area contributed by atoms with Crippen molar-refractivity contribution in [3.05, 3.63) is 49.9 Å². The molecular weight excluding hydrogens is 554 g/mol. The Morgan fingerprint density at radius 3 is 2.38 bits per heavy atom. The molecule has 11 heteroatoms. The third kappa shape index (κ3) is 6.17. The number of halogens is 1. The third-order valence-corrected chi connectivity index (χ3v) is 10.2. The maximum Gasteiger partial charge on any atom is 0.254 e. The van der Waals surface area contributed by atoms with Gasteiger partial charge in [-0.25, -0.2) is 0 Å². The van der Waals surface area contributed by atoms with Crippen molar-refractivity contribution in [1.82, 2.24) is 15.6 Å². The van der Waals surface area contributed by atoms with Crippen molar-refractivity contribution in [2.75, 3.05) is 6.26 Å². The van der Waals surface area contributed by atoms with Crippen LogP contribution in [-0.4, -0.2) is 42.6 Å². The smallest absolute Gasteiger partial charge is 0.254 e. The van der Waals surface area contributed by atoms with Gasteiger partial charge in [-0.15, -0.1) is 11.8 Å². The Kier molecular flexibility index (Phi) is 8.49. The Morgan fingerprint density at radius 1 is 1.13 bits per heavy atom. The molecule has 0 unspecified atom stereocenters. The van der Waals surface area contributed by atoms with Gasteiger partial charge in [0.2, 0.25) is 0 Å². The van der Waals surface area contributed by atoms with E-state index in [9.17, 15) is 14.4 Å². The zero-order valence-electron chi connectivity index (χ0n) is 23.7. The van der Waals surface area contributed by atoms with Gasteiger partial charge < -0.3 is 25.1 Å². The molecule has 1 fully saturated rings. The van der Waals surface area contributed by atoms with Crippen molar-refractivity contribution in [2.45, 2.75) is 89.4 Å². The summed E-state index contributed by atoms with van der Waals surface area (Å²) in [4.78, 5) is 41.8. The van der Waals surface area contributed by atoms with Crippen molar-refractivity contribution in [3.63, 3.8) is 0 Å². The topological polar surface area (TPSA) is 110 Å². The molecule has 1 aromatic carbocycles. The van der Waals surface area contributed by atoms with E-state index >= 15 is 0 Å². The van der Waals surface area contributed by atoms with E-state index in [1.54, 1.807) is 6.07 Å². The minimum atomic E-state index is -1.87. The fraction of sp³-hybridized carbons (Fsp3) is 0.536. The lowest BCUT2D eigenvalue weighted by Crippen LogP contribution is -2.50. The van der Waals surface area contributed by atoms with Crippen LogP contribution in [0.25, 0.3) is 0 Å². The summed E-state index contributed by atoms with van der Waals surface area (Å²) in [7, 11) is -1.87. The molecule has 212 valence electrons. The molecule has 1 aliphatic heterocycles. The minimum Gasteiger partial charge on any atom is -0.448 e. The van der Waals surface area contributed by atoms with Crippen LogP contribution in [0.15, 0.2) is 21.8 Å². The number of thioether (sulfide) groups is 1. The van der Waals surface area contributed by atoms with Gasteiger partial charge >= 0.3 is 0 Å². The maximum absolute atomic E-state index is 13.2. The number of aryl methyl sites for hydroxylation is 1. The van der Waals surface area contributed by atoms with E-state index in [2.05, 4.69) is 35.3 Å². The fourth-order valence-corrected chi connectivity index (χ4v) is 6.79. The summed E-state index contributed by atoms with van der Waals surface area (Å²) in [5.74, 6) is -0.234. The molecule has 8 nitrogen and oxygen atoms in total. The summed E-state index contributed by atoms with van der Waals surface area (Å²) >= 11 is 8.06. The van der Waals surface area contributed by atoms with E-state index < -0.39 is 13.9 Å². The molecule has 0 spiro atoms. The molecule has 1 aromatic heterocycles. The van der Waals surface area contributed by atoms with Crippen LogP contribution in [0.2, 0.25) is 24.7 Å². The lowest BCUT2D eigenvalue weighted by molar-refractivity contribution is -0.121. The molecule has 0 saturated heterocycles. The number of hydrogen-bond acceptors (Lipinski definition) is 6. The summed E-state index contributed by atoms with van der Waals surface area (Å²) in [6.45, 7) is 11.8. The third-order valence-electron chi connectivity index (χ3n) is 7.65. The molecule has 1 saturated carbocycles. The Bertz CT molecular complexity index is 1350. The Hall–Kier alpha value is -2.43. The van der Waals surface area contributed by atoms with E-state index in [0.717, 1.165) is 36.3 Å². The fourth-order valence-electron chi connectivity index (χ4n) is 5.21. The van der Waals surface area contributed by atoms with Crippen LogP contribution >= 0.6 is 23.4 Å². The first-order valence-corrected chi connectivity index (χ1v) is 18.4. The number of amides is 2. The number of carbonyl (C=O) groups excluding carboxylic acids is 2. The summed E-state index contributed by atoms with van der Waals surface area (Å²) in [5.41, 5.74) is 2.27. The molecule has 1 atom stereocenters. The molecule has 2 aliphatic rings. The number of pyridine rings is 1. The predicted octanol–water partition coefficient (Wildman–Crippen LogP) is 5.97. The van der Waals surface area contributed by atoms with Crippen LogP contribution in [-0.2, 0) is 6.54 Å². The molecule has 3 N–H and O–H groups in total. The average molecular weight is 592 g/mol. The standard InChI is InChI=1S/C28H38ClN3O5SSi/c1-15-12-22(38-4)20(26(34)31-15)14-30-25(33)19-13-21(29)24-23(16(19)2)36-28(3,37-24)17-8-10-18(11-9-17)32-27(35)39(5,6)7/h12-13,17-18H,8-11,14H2,1-7H3,(H,30,33)(H,31,34)(H,32,35)/t17?,18?,28-/m0/s1. The number of H-pyrrole nitrogens is 1. The second-order valence-corrected chi connectivity index (χ2v) is 17.9. The highest BCUT2D eigenvalue weighted by Gasteiger charge is 2.47. The summed E-state index contributed by atoms with van der Waals surface area (Å²) in [6, 6.07) is 3.66. The Balaban J connectivity index is 1.46. The number of ether oxygens (including phenoxy) is 2. The van der Waals surface area contributed by atoms with Crippen molar-refractivity contribution in [2.24, 2.45) is 5.92 Å². The largest absolute Gasteiger partial charge is 0.448 e. The van der Waals surface area contributed by atoms with Gasteiger partial charge in [0.05, 0.1) is 5.02 Å². The normalized spacial score (nSPS) is 22.5. The van der Waals surface area contributed by atoms with Crippen LogP contribution < -0.4 is 25.7 Å². The van der Waals surface area contributed by atoms with Crippen LogP contribution in [0.5, 0.6) is 11.5 Å². The predicted molar refractivity (Wildman–Crippen MR) is 158 cm³/mol. The van der Waals surface area contributed by atoms with Gasteiger partial charge in [-0.3, -0.25) is 14.4 Å². The Morgan fingerprint density at radius 2 is 1.77 bits per heavy atom. The molecule has 1 aliphatic carbocycles. The van der Waals surface area contributed by atoms with Gasteiger partial charge in [-0.2, -0.15) is 0 Å². The number of rotatable bonds is 7.